The molecule has 1 aliphatic heterocycles. The van der Waals surface area contributed by atoms with Crippen molar-refractivity contribution >= 4 is 31.9 Å². The number of nitrogens with zero attached hydrogens (tertiary/aromatic N) is 1. The molecule has 1 heterocycles. The van der Waals surface area contributed by atoms with Crippen LogP contribution in [-0.2, 0) is 14.9 Å². The fourth-order valence-electron chi connectivity index (χ4n) is 1.57. The highest BCUT2D eigenvalue weighted by atomic mass is 79.9. The van der Waals surface area contributed by atoms with Crippen LogP contribution in [0.2, 0.25) is 0 Å². The average molecular weight is 336 g/mol. The van der Waals surface area contributed by atoms with Gasteiger partial charge in [0, 0.05) is 11.0 Å². The monoisotopic (exact) mass is 335 g/mol. The number of benzene rings is 1. The number of halogens is 1. The van der Waals surface area contributed by atoms with Crippen molar-refractivity contribution in [1.29, 1.82) is 0 Å². The maximum atomic E-state index is 12.2. The van der Waals surface area contributed by atoms with Crippen LogP contribution >= 0.6 is 15.9 Å². The molecule has 0 radical (unpaired) electrons. The van der Waals surface area contributed by atoms with E-state index < -0.39 is 16.0 Å². The Bertz CT molecular complexity index is 580. The molecule has 0 saturated carbocycles. The van der Waals surface area contributed by atoms with Crippen molar-refractivity contribution < 1.29 is 23.2 Å². The Morgan fingerprint density at radius 1 is 1.44 bits per heavy atom. The lowest BCUT2D eigenvalue weighted by Gasteiger charge is -2.15. The number of hydrogen-bond donors (Lipinski definition) is 1. The van der Waals surface area contributed by atoms with Gasteiger partial charge in [0.05, 0.1) is 17.1 Å². The van der Waals surface area contributed by atoms with Crippen LogP contribution < -0.4 is 0 Å². The van der Waals surface area contributed by atoms with Crippen molar-refractivity contribution in [3.05, 3.63) is 28.2 Å². The normalized spacial score (nSPS) is 16.9. The summed E-state index contributed by atoms with van der Waals surface area (Å²) in [6.45, 7) is 0.666. The summed E-state index contributed by atoms with van der Waals surface area (Å²) in [5, 5.41) is 8.81. The van der Waals surface area contributed by atoms with Crippen molar-refractivity contribution in [2.75, 3.05) is 13.2 Å². The molecule has 0 unspecified atom stereocenters. The first-order valence-electron chi connectivity index (χ1n) is 5.11. The summed E-state index contributed by atoms with van der Waals surface area (Å²) in [7, 11) is -3.74. The second-order valence-electron chi connectivity index (χ2n) is 3.67. The van der Waals surface area contributed by atoms with E-state index in [1.165, 1.54) is 18.2 Å². The molecule has 0 amide bonds. The van der Waals surface area contributed by atoms with Gasteiger partial charge in [0.1, 0.15) is 0 Å². The molecular formula is C10H10BrNO5S. The minimum absolute atomic E-state index is 0.00519. The number of hydroxylamine groups is 1. The molecule has 0 spiro atoms. The Hall–Kier alpha value is -0.960. The van der Waals surface area contributed by atoms with Gasteiger partial charge in [-0.3, -0.25) is 4.84 Å². The highest BCUT2D eigenvalue weighted by Gasteiger charge is 2.30. The third kappa shape index (κ3) is 2.41. The predicted octanol–water partition coefficient (Wildman–Crippen LogP) is 1.47. The number of carboxylic acid groups (broad SMARTS) is 1. The number of carbonyl (C=O) groups is 1. The molecule has 1 aromatic carbocycles. The molecule has 1 N–H and O–H groups in total. The smallest absolute Gasteiger partial charge is 0.335 e. The Balaban J connectivity index is 2.42. The van der Waals surface area contributed by atoms with E-state index >= 15 is 0 Å². The van der Waals surface area contributed by atoms with Gasteiger partial charge in [-0.15, -0.1) is 0 Å². The van der Waals surface area contributed by atoms with E-state index in [0.29, 0.717) is 19.6 Å². The highest BCUT2D eigenvalue weighted by Crippen LogP contribution is 2.27. The van der Waals surface area contributed by atoms with Crippen LogP contribution in [0.15, 0.2) is 27.6 Å². The largest absolute Gasteiger partial charge is 0.478 e. The third-order valence-electron chi connectivity index (χ3n) is 2.45. The van der Waals surface area contributed by atoms with Gasteiger partial charge in [0.25, 0.3) is 10.0 Å². The number of aromatic carboxylic acids is 1. The maximum Gasteiger partial charge on any atom is 0.335 e. The van der Waals surface area contributed by atoms with Gasteiger partial charge < -0.3 is 5.11 Å². The van der Waals surface area contributed by atoms with Gasteiger partial charge in [-0.2, -0.15) is 0 Å². The lowest BCUT2D eigenvalue weighted by molar-refractivity contribution is -0.0285. The molecular weight excluding hydrogens is 326 g/mol. The highest BCUT2D eigenvalue weighted by molar-refractivity contribution is 9.10. The number of carboxylic acids is 1. The Labute approximate surface area is 112 Å². The molecule has 1 aliphatic rings. The summed E-state index contributed by atoms with van der Waals surface area (Å²) in [6.07, 6.45) is 0.643. The van der Waals surface area contributed by atoms with E-state index in [-0.39, 0.29) is 14.9 Å². The van der Waals surface area contributed by atoms with Crippen molar-refractivity contribution in [2.24, 2.45) is 0 Å². The summed E-state index contributed by atoms with van der Waals surface area (Å²) in [5.41, 5.74) is 0.0168. The second kappa shape index (κ2) is 4.96. The molecule has 0 aromatic heterocycles. The molecule has 1 fully saturated rings. The van der Waals surface area contributed by atoms with Gasteiger partial charge in [-0.1, -0.05) is 4.47 Å². The Kier molecular flexibility index (Phi) is 3.71. The van der Waals surface area contributed by atoms with E-state index in [0.717, 1.165) is 4.47 Å². The summed E-state index contributed by atoms with van der Waals surface area (Å²) in [4.78, 5) is 15.8. The molecule has 0 atom stereocenters. The first-order valence-corrected chi connectivity index (χ1v) is 7.35. The van der Waals surface area contributed by atoms with E-state index in [2.05, 4.69) is 15.9 Å². The van der Waals surface area contributed by atoms with Crippen molar-refractivity contribution in [2.45, 2.75) is 11.3 Å². The van der Waals surface area contributed by atoms with Gasteiger partial charge in [-0.25, -0.2) is 13.2 Å². The van der Waals surface area contributed by atoms with Gasteiger partial charge in [0.15, 0.2) is 0 Å². The van der Waals surface area contributed by atoms with Crippen molar-refractivity contribution in [1.82, 2.24) is 4.47 Å². The van der Waals surface area contributed by atoms with Crippen molar-refractivity contribution in [3.8, 4) is 0 Å². The van der Waals surface area contributed by atoms with E-state index in [1.807, 2.05) is 0 Å². The Morgan fingerprint density at radius 3 is 2.67 bits per heavy atom. The lowest BCUT2D eigenvalue weighted by Crippen LogP contribution is -2.27. The van der Waals surface area contributed by atoms with E-state index in [9.17, 15) is 13.2 Å². The SMILES string of the molecule is O=C(O)c1ccc(S(=O)(=O)N2CCCO2)c(Br)c1. The van der Waals surface area contributed by atoms with Crippen molar-refractivity contribution in [3.63, 3.8) is 0 Å². The van der Waals surface area contributed by atoms with Gasteiger partial charge >= 0.3 is 5.97 Å². The molecule has 1 aromatic rings. The molecule has 8 heteroatoms. The first-order chi connectivity index (χ1) is 8.43. The molecule has 6 nitrogen and oxygen atoms in total. The zero-order chi connectivity index (χ0) is 13.3. The van der Waals surface area contributed by atoms with Crippen LogP contribution in [0.1, 0.15) is 16.8 Å². The van der Waals surface area contributed by atoms with Crippen LogP contribution in [0, 0.1) is 0 Å². The fraction of sp³-hybridized carbons (Fsp3) is 0.300. The number of sulfonamides is 1. The van der Waals surface area contributed by atoms with Crippen LogP contribution in [0.25, 0.3) is 0 Å². The molecule has 18 heavy (non-hydrogen) atoms. The minimum Gasteiger partial charge on any atom is -0.478 e. The fourth-order valence-corrected chi connectivity index (χ4v) is 3.91. The third-order valence-corrected chi connectivity index (χ3v) is 5.10. The maximum absolute atomic E-state index is 12.2. The summed E-state index contributed by atoms with van der Waals surface area (Å²) >= 11 is 3.07. The average Bonchev–Trinajstić information content (AvgIpc) is 2.82. The van der Waals surface area contributed by atoms with E-state index in [4.69, 9.17) is 9.94 Å². The van der Waals surface area contributed by atoms with Gasteiger partial charge in [-0.05, 0) is 40.5 Å². The summed E-state index contributed by atoms with van der Waals surface area (Å²) < 4.78 is 25.5. The lowest BCUT2D eigenvalue weighted by atomic mass is 10.2. The number of rotatable bonds is 3. The molecule has 0 aliphatic carbocycles. The van der Waals surface area contributed by atoms with Crippen LogP contribution in [0.3, 0.4) is 0 Å². The molecule has 0 bridgehead atoms. The quantitative estimate of drug-likeness (QED) is 0.904. The number of hydrogen-bond acceptors (Lipinski definition) is 4. The van der Waals surface area contributed by atoms with E-state index in [1.54, 1.807) is 0 Å². The second-order valence-corrected chi connectivity index (χ2v) is 6.32. The summed E-state index contributed by atoms with van der Waals surface area (Å²) in [6, 6.07) is 3.76. The van der Waals surface area contributed by atoms with Crippen LogP contribution in [-0.4, -0.2) is 37.1 Å². The molecule has 98 valence electrons. The summed E-state index contributed by atoms with van der Waals surface area (Å²) in [5.74, 6) is -1.11. The van der Waals surface area contributed by atoms with Crippen LogP contribution in [0.5, 0.6) is 0 Å². The zero-order valence-electron chi connectivity index (χ0n) is 9.17. The standard InChI is InChI=1S/C10H10BrNO5S/c11-8-6-7(10(13)14)2-3-9(8)18(15,16)12-4-1-5-17-12/h2-3,6H,1,4-5H2,(H,13,14). The minimum atomic E-state index is -3.74. The Morgan fingerprint density at radius 2 is 2.17 bits per heavy atom. The van der Waals surface area contributed by atoms with Gasteiger partial charge in [0.2, 0.25) is 0 Å². The first kappa shape index (κ1) is 13.5. The predicted molar refractivity (Wildman–Crippen MR) is 65.6 cm³/mol. The topological polar surface area (TPSA) is 83.9 Å². The zero-order valence-corrected chi connectivity index (χ0v) is 11.6. The van der Waals surface area contributed by atoms with Crippen LogP contribution in [0.4, 0.5) is 0 Å². The molecule has 2 rings (SSSR count). The molecule has 1 saturated heterocycles.